The van der Waals surface area contributed by atoms with Crippen molar-refractivity contribution >= 4 is 17.3 Å². The normalized spacial score (nSPS) is 13.1. The Morgan fingerprint density at radius 3 is 2.70 bits per heavy atom. The van der Waals surface area contributed by atoms with Crippen LogP contribution in [0.2, 0.25) is 0 Å². The monoisotopic (exact) mass is 277 g/mol. The standard InChI is InChI=1S/C13H15N3O4/c1-3-6-13(2,12(17)18)15-10-5-4-9(8-14)11(7-10)16(19)20/h4-5,7,15H,3,6H2,1-2H3,(H,17,18). The summed E-state index contributed by atoms with van der Waals surface area (Å²) < 4.78 is 0. The molecule has 0 spiro atoms. The predicted octanol–water partition coefficient (Wildman–Crippen LogP) is 2.52. The van der Waals surface area contributed by atoms with Crippen LogP contribution >= 0.6 is 0 Å². The number of nitro groups is 1. The Hall–Kier alpha value is -2.62. The first-order valence-electron chi connectivity index (χ1n) is 6.04. The van der Waals surface area contributed by atoms with Crippen molar-refractivity contribution in [3.8, 4) is 6.07 Å². The topological polar surface area (TPSA) is 116 Å². The molecule has 0 aliphatic heterocycles. The fraction of sp³-hybridized carbons (Fsp3) is 0.385. The van der Waals surface area contributed by atoms with Crippen LogP contribution in [-0.2, 0) is 4.79 Å². The Morgan fingerprint density at radius 1 is 1.60 bits per heavy atom. The van der Waals surface area contributed by atoms with Crippen molar-refractivity contribution in [1.29, 1.82) is 5.26 Å². The van der Waals surface area contributed by atoms with Crippen molar-refractivity contribution < 1.29 is 14.8 Å². The van der Waals surface area contributed by atoms with Gasteiger partial charge in [-0.15, -0.1) is 0 Å². The number of hydrogen-bond donors (Lipinski definition) is 2. The smallest absolute Gasteiger partial charge is 0.329 e. The van der Waals surface area contributed by atoms with Gasteiger partial charge in [0.25, 0.3) is 5.69 Å². The van der Waals surface area contributed by atoms with E-state index in [4.69, 9.17) is 5.26 Å². The van der Waals surface area contributed by atoms with Gasteiger partial charge in [0.2, 0.25) is 0 Å². The number of nitrogens with one attached hydrogen (secondary N) is 1. The van der Waals surface area contributed by atoms with Gasteiger partial charge in [-0.1, -0.05) is 13.3 Å². The lowest BCUT2D eigenvalue weighted by Crippen LogP contribution is -2.43. The van der Waals surface area contributed by atoms with Gasteiger partial charge in [0.1, 0.15) is 17.2 Å². The van der Waals surface area contributed by atoms with E-state index < -0.39 is 16.4 Å². The molecular formula is C13H15N3O4. The van der Waals surface area contributed by atoms with Crippen molar-refractivity contribution in [1.82, 2.24) is 0 Å². The molecule has 0 aliphatic rings. The molecule has 7 nitrogen and oxygen atoms in total. The zero-order valence-electron chi connectivity index (χ0n) is 11.2. The summed E-state index contributed by atoms with van der Waals surface area (Å²) in [7, 11) is 0. The molecule has 2 N–H and O–H groups in total. The van der Waals surface area contributed by atoms with Crippen molar-refractivity contribution in [2.75, 3.05) is 5.32 Å². The van der Waals surface area contributed by atoms with Gasteiger partial charge >= 0.3 is 5.97 Å². The Kier molecular flexibility index (Phi) is 4.64. The number of benzene rings is 1. The fourth-order valence-electron chi connectivity index (χ4n) is 1.90. The summed E-state index contributed by atoms with van der Waals surface area (Å²) in [4.78, 5) is 21.5. The van der Waals surface area contributed by atoms with Gasteiger partial charge in [-0.05, 0) is 25.5 Å². The van der Waals surface area contributed by atoms with Crippen LogP contribution < -0.4 is 5.32 Å². The molecule has 106 valence electrons. The van der Waals surface area contributed by atoms with Crippen LogP contribution in [0.5, 0.6) is 0 Å². The highest BCUT2D eigenvalue weighted by atomic mass is 16.6. The summed E-state index contributed by atoms with van der Waals surface area (Å²) >= 11 is 0. The van der Waals surface area contributed by atoms with Gasteiger partial charge in [-0.25, -0.2) is 4.79 Å². The Bertz CT molecular complexity index is 579. The lowest BCUT2D eigenvalue weighted by Gasteiger charge is -2.26. The van der Waals surface area contributed by atoms with Crippen LogP contribution in [0.3, 0.4) is 0 Å². The average Bonchev–Trinajstić information content (AvgIpc) is 2.38. The Labute approximate surface area is 116 Å². The van der Waals surface area contributed by atoms with Crippen LogP contribution in [0.4, 0.5) is 11.4 Å². The van der Waals surface area contributed by atoms with Gasteiger partial charge in [-0.2, -0.15) is 5.26 Å². The molecule has 0 radical (unpaired) electrons. The van der Waals surface area contributed by atoms with Gasteiger partial charge in [0.15, 0.2) is 0 Å². The molecule has 1 atom stereocenters. The number of carboxylic acids is 1. The van der Waals surface area contributed by atoms with Crippen molar-refractivity contribution in [2.24, 2.45) is 0 Å². The summed E-state index contributed by atoms with van der Waals surface area (Å²) in [6, 6.07) is 5.67. The molecule has 20 heavy (non-hydrogen) atoms. The Balaban J connectivity index is 3.16. The van der Waals surface area contributed by atoms with Gasteiger partial charge in [-0.3, -0.25) is 10.1 Å². The molecule has 0 saturated carbocycles. The third-order valence-electron chi connectivity index (χ3n) is 2.96. The quantitative estimate of drug-likeness (QED) is 0.609. The molecule has 1 rings (SSSR count). The van der Waals surface area contributed by atoms with E-state index in [9.17, 15) is 20.0 Å². The zero-order chi connectivity index (χ0) is 15.3. The summed E-state index contributed by atoms with van der Waals surface area (Å²) in [6.45, 7) is 3.37. The van der Waals surface area contributed by atoms with Gasteiger partial charge in [0.05, 0.1) is 4.92 Å². The summed E-state index contributed by atoms with van der Waals surface area (Å²) in [6.07, 6.45) is 1.02. The maximum atomic E-state index is 11.3. The number of nitriles is 1. The van der Waals surface area contributed by atoms with E-state index in [2.05, 4.69) is 5.32 Å². The summed E-state index contributed by atoms with van der Waals surface area (Å²) in [5.41, 5.74) is -1.32. The van der Waals surface area contributed by atoms with E-state index in [0.717, 1.165) is 0 Å². The maximum Gasteiger partial charge on any atom is 0.329 e. The average molecular weight is 277 g/mol. The molecule has 0 amide bonds. The molecular weight excluding hydrogens is 262 g/mol. The lowest BCUT2D eigenvalue weighted by molar-refractivity contribution is -0.385. The second-order valence-electron chi connectivity index (χ2n) is 4.61. The number of nitrogens with zero attached hydrogens (tertiary/aromatic N) is 2. The lowest BCUT2D eigenvalue weighted by atomic mass is 9.95. The maximum absolute atomic E-state index is 11.3. The van der Waals surface area contributed by atoms with Gasteiger partial charge < -0.3 is 10.4 Å². The van der Waals surface area contributed by atoms with E-state index in [1.54, 1.807) is 6.07 Å². The van der Waals surface area contributed by atoms with Crippen molar-refractivity contribution in [2.45, 2.75) is 32.2 Å². The number of carboxylic acid groups (broad SMARTS) is 1. The zero-order valence-corrected chi connectivity index (χ0v) is 11.2. The summed E-state index contributed by atoms with van der Waals surface area (Å²) in [5, 5.41) is 31.7. The minimum absolute atomic E-state index is 0.0620. The van der Waals surface area contributed by atoms with Gasteiger partial charge in [0, 0.05) is 11.8 Å². The highest BCUT2D eigenvalue weighted by Crippen LogP contribution is 2.26. The van der Waals surface area contributed by atoms with E-state index in [1.165, 1.54) is 25.1 Å². The predicted molar refractivity (Wildman–Crippen MR) is 72.4 cm³/mol. The van der Waals surface area contributed by atoms with Crippen LogP contribution in [0.1, 0.15) is 32.3 Å². The largest absolute Gasteiger partial charge is 0.480 e. The molecule has 0 fully saturated rings. The molecule has 0 bridgehead atoms. The number of anilines is 1. The highest BCUT2D eigenvalue weighted by molar-refractivity contribution is 5.82. The van der Waals surface area contributed by atoms with Crippen LogP contribution in [0.15, 0.2) is 18.2 Å². The third kappa shape index (κ3) is 3.23. The fourth-order valence-corrected chi connectivity index (χ4v) is 1.90. The molecule has 1 aromatic carbocycles. The van der Waals surface area contributed by atoms with E-state index in [-0.39, 0.29) is 11.3 Å². The molecule has 0 aliphatic carbocycles. The number of aliphatic carboxylic acids is 1. The molecule has 1 aromatic rings. The third-order valence-corrected chi connectivity index (χ3v) is 2.96. The number of rotatable bonds is 6. The van der Waals surface area contributed by atoms with E-state index >= 15 is 0 Å². The molecule has 0 aromatic heterocycles. The molecule has 0 saturated heterocycles. The minimum atomic E-state index is -1.21. The second-order valence-corrected chi connectivity index (χ2v) is 4.61. The second kappa shape index (κ2) is 6.02. The molecule has 0 heterocycles. The first-order valence-corrected chi connectivity index (χ1v) is 6.04. The number of hydrogen-bond acceptors (Lipinski definition) is 5. The molecule has 1 unspecified atom stereocenters. The SMILES string of the molecule is CCCC(C)(Nc1ccc(C#N)c([N+](=O)[O-])c1)C(=O)O. The number of carbonyl (C=O) groups is 1. The van der Waals surface area contributed by atoms with E-state index in [1.807, 2.05) is 6.92 Å². The highest BCUT2D eigenvalue weighted by Gasteiger charge is 2.32. The summed E-state index contributed by atoms with van der Waals surface area (Å²) in [5.74, 6) is -1.04. The van der Waals surface area contributed by atoms with Crippen LogP contribution in [0, 0.1) is 21.4 Å². The Morgan fingerprint density at radius 2 is 2.25 bits per heavy atom. The molecule has 7 heteroatoms. The minimum Gasteiger partial charge on any atom is -0.480 e. The van der Waals surface area contributed by atoms with Crippen LogP contribution in [-0.4, -0.2) is 21.5 Å². The number of nitro benzene ring substituents is 1. The van der Waals surface area contributed by atoms with Crippen molar-refractivity contribution in [3.05, 3.63) is 33.9 Å². The first kappa shape index (κ1) is 15.4. The van der Waals surface area contributed by atoms with E-state index in [0.29, 0.717) is 18.5 Å². The first-order chi connectivity index (χ1) is 9.34. The van der Waals surface area contributed by atoms with Crippen molar-refractivity contribution in [3.63, 3.8) is 0 Å². The van der Waals surface area contributed by atoms with Crippen LogP contribution in [0.25, 0.3) is 0 Å².